The van der Waals surface area contributed by atoms with E-state index in [0.717, 1.165) is 44.9 Å². The van der Waals surface area contributed by atoms with Gasteiger partial charge in [-0.1, -0.05) is 130 Å². The molecule has 0 radical (unpaired) electrons. The van der Waals surface area contributed by atoms with Gasteiger partial charge >= 0.3 is 0 Å². The van der Waals surface area contributed by atoms with Gasteiger partial charge in [0.25, 0.3) is 0 Å². The minimum atomic E-state index is 0. The van der Waals surface area contributed by atoms with E-state index in [-0.39, 0.29) is 38.7 Å². The molecule has 2 heterocycles. The number of phenolic OH excluding ortho intramolecular Hbond substituents is 1. The van der Waals surface area contributed by atoms with Crippen LogP contribution in [0.3, 0.4) is 0 Å². The smallest absolute Gasteiger partial charge is 0.125 e. The number of imidazole rings is 1. The van der Waals surface area contributed by atoms with Gasteiger partial charge in [-0.05, 0) is 86.7 Å². The Hall–Kier alpha value is -5.57. The number of aromatic hydroxyl groups is 1. The molecule has 3 aliphatic carbocycles. The van der Waals surface area contributed by atoms with Gasteiger partial charge in [0.15, 0.2) is 0 Å². The molecule has 8 aromatic rings. The second kappa shape index (κ2) is 13.6. The predicted molar refractivity (Wildman–Crippen MR) is 219 cm³/mol. The Labute approximate surface area is 336 Å². The van der Waals surface area contributed by atoms with E-state index in [0.29, 0.717) is 11.8 Å². The third kappa shape index (κ3) is 5.53. The molecule has 0 saturated carbocycles. The zero-order valence-electron chi connectivity index (χ0n) is 31.2. The van der Waals surface area contributed by atoms with Crippen molar-refractivity contribution in [2.75, 3.05) is 0 Å². The van der Waals surface area contributed by atoms with E-state index < -0.39 is 0 Å². The second-order valence-electron chi connectivity index (χ2n) is 15.4. The summed E-state index contributed by atoms with van der Waals surface area (Å²) in [5.41, 5.74) is 17.6. The summed E-state index contributed by atoms with van der Waals surface area (Å²) < 4.78 is 2.34. The average Bonchev–Trinajstić information content (AvgIpc) is 3.59. The summed E-state index contributed by atoms with van der Waals surface area (Å²) in [6.45, 7) is 9.04. The summed E-state index contributed by atoms with van der Waals surface area (Å²) in [6, 6.07) is 52.8. The molecule has 0 atom stereocenters. The van der Waals surface area contributed by atoms with E-state index in [1.807, 2.05) is 24.3 Å². The third-order valence-corrected chi connectivity index (χ3v) is 11.5. The zero-order chi connectivity index (χ0) is 36.7. The van der Waals surface area contributed by atoms with Crippen molar-refractivity contribution in [3.63, 3.8) is 0 Å². The standard InChI is InChI=1S/C50H40N3O.Pt/c1-29(2)33-20-12-21-34(30(3)4)49(33)53-45-25-10-9-22-44(45)52-50(53)32-15-11-14-31(26-32)42-23-13-24-43(51-42)41-27-39-40(28-46(41)54)48-37-18-7-5-16-35(37)47(39)36-17-6-8-19-38(36)48;/h5-25,27-30,47-48,54H,1-4H3;/q-1;. The molecule has 0 amide bonds. The SMILES string of the molecule is CC(C)c1cccc(C(C)C)c1-n1c(-c2[c-]c(-c3cccc(-c4cc5c(cc4O)C4c6ccccc6C5c5ccccc54)n3)ccc2)nc2ccccc21.[Pt]. The van der Waals surface area contributed by atoms with E-state index in [9.17, 15) is 5.11 Å². The van der Waals surface area contributed by atoms with Crippen LogP contribution in [0, 0.1) is 6.07 Å². The normalized spacial score (nSPS) is 15.2. The summed E-state index contributed by atoms with van der Waals surface area (Å²) in [5, 5.41) is 11.7. The van der Waals surface area contributed by atoms with Crippen molar-refractivity contribution in [3.8, 4) is 45.3 Å². The molecule has 3 aliphatic rings. The minimum absolute atomic E-state index is 0. The Morgan fingerprint density at radius 3 is 1.71 bits per heavy atom. The molecule has 272 valence electrons. The summed E-state index contributed by atoms with van der Waals surface area (Å²) in [7, 11) is 0. The van der Waals surface area contributed by atoms with Crippen LogP contribution < -0.4 is 0 Å². The number of para-hydroxylation sites is 3. The number of phenols is 1. The average molecular weight is 894 g/mol. The number of pyridine rings is 1. The van der Waals surface area contributed by atoms with Crippen LogP contribution in [0.15, 0.2) is 140 Å². The number of nitrogens with zero attached hydrogens (tertiary/aromatic N) is 3. The van der Waals surface area contributed by atoms with Gasteiger partial charge in [-0.2, -0.15) is 0 Å². The maximum Gasteiger partial charge on any atom is 0.125 e. The van der Waals surface area contributed by atoms with Gasteiger partial charge in [-0.15, -0.1) is 24.3 Å². The molecule has 55 heavy (non-hydrogen) atoms. The van der Waals surface area contributed by atoms with Gasteiger partial charge in [0.2, 0.25) is 0 Å². The largest absolute Gasteiger partial charge is 0.507 e. The number of hydrogen-bond donors (Lipinski definition) is 1. The van der Waals surface area contributed by atoms with Crippen molar-refractivity contribution < 1.29 is 26.2 Å². The maximum atomic E-state index is 11.7. The summed E-state index contributed by atoms with van der Waals surface area (Å²) >= 11 is 0. The molecule has 4 nitrogen and oxygen atoms in total. The molecule has 0 fully saturated rings. The first-order valence-corrected chi connectivity index (χ1v) is 19.0. The van der Waals surface area contributed by atoms with Crippen LogP contribution in [0.5, 0.6) is 5.75 Å². The van der Waals surface area contributed by atoms with Crippen LogP contribution in [0.2, 0.25) is 0 Å². The van der Waals surface area contributed by atoms with Crippen LogP contribution in [-0.2, 0) is 21.1 Å². The Morgan fingerprint density at radius 1 is 0.545 bits per heavy atom. The Morgan fingerprint density at radius 2 is 1.07 bits per heavy atom. The van der Waals surface area contributed by atoms with Crippen LogP contribution in [0.25, 0.3) is 50.6 Å². The molecule has 5 heteroatoms. The molecule has 0 unspecified atom stereocenters. The third-order valence-electron chi connectivity index (χ3n) is 11.5. The van der Waals surface area contributed by atoms with Crippen molar-refractivity contribution in [2.24, 2.45) is 0 Å². The molecule has 0 spiro atoms. The molecule has 1 N–H and O–H groups in total. The summed E-state index contributed by atoms with van der Waals surface area (Å²) in [5.74, 6) is 1.97. The van der Waals surface area contributed by atoms with Crippen molar-refractivity contribution in [2.45, 2.75) is 51.4 Å². The van der Waals surface area contributed by atoms with Gasteiger partial charge in [-0.3, -0.25) is 9.97 Å². The fourth-order valence-electron chi connectivity index (χ4n) is 9.09. The Balaban J connectivity index is 0.00000397. The molecule has 2 bridgehead atoms. The molecule has 2 aromatic heterocycles. The Kier molecular flexibility index (Phi) is 8.71. The van der Waals surface area contributed by atoms with Crippen LogP contribution in [0.4, 0.5) is 0 Å². The van der Waals surface area contributed by atoms with Crippen LogP contribution in [0.1, 0.15) is 95.9 Å². The van der Waals surface area contributed by atoms with Crippen molar-refractivity contribution >= 4 is 11.0 Å². The van der Waals surface area contributed by atoms with Crippen molar-refractivity contribution in [1.29, 1.82) is 0 Å². The first-order chi connectivity index (χ1) is 26.4. The fraction of sp³-hybridized carbons (Fsp3) is 0.160. The second-order valence-corrected chi connectivity index (χ2v) is 15.4. The fourth-order valence-corrected chi connectivity index (χ4v) is 9.09. The molecule has 6 aromatic carbocycles. The summed E-state index contributed by atoms with van der Waals surface area (Å²) in [6.07, 6.45) is 0. The Bertz CT molecular complexity index is 2700. The van der Waals surface area contributed by atoms with Gasteiger partial charge in [-0.25, -0.2) is 0 Å². The van der Waals surface area contributed by atoms with Gasteiger partial charge < -0.3 is 9.67 Å². The number of benzene rings is 6. The van der Waals surface area contributed by atoms with Crippen molar-refractivity contribution in [1.82, 2.24) is 14.5 Å². The van der Waals surface area contributed by atoms with E-state index >= 15 is 0 Å². The first-order valence-electron chi connectivity index (χ1n) is 19.0. The van der Waals surface area contributed by atoms with E-state index in [2.05, 4.69) is 154 Å². The van der Waals surface area contributed by atoms with E-state index in [1.54, 1.807) is 0 Å². The monoisotopic (exact) mass is 893 g/mol. The van der Waals surface area contributed by atoms with E-state index in [4.69, 9.17) is 9.97 Å². The van der Waals surface area contributed by atoms with Gasteiger partial charge in [0, 0.05) is 49.8 Å². The number of rotatable bonds is 6. The first kappa shape index (κ1) is 35.1. The van der Waals surface area contributed by atoms with E-state index in [1.165, 1.54) is 50.2 Å². The predicted octanol–water partition coefficient (Wildman–Crippen LogP) is 12.2. The number of fused-ring (bicyclic) bond motifs is 1. The molecule has 0 saturated heterocycles. The summed E-state index contributed by atoms with van der Waals surface area (Å²) in [4.78, 5) is 10.4. The minimum Gasteiger partial charge on any atom is -0.507 e. The van der Waals surface area contributed by atoms with Crippen LogP contribution in [-0.4, -0.2) is 19.6 Å². The maximum absolute atomic E-state index is 11.7. The van der Waals surface area contributed by atoms with Crippen molar-refractivity contribution in [3.05, 3.63) is 190 Å². The quantitative estimate of drug-likeness (QED) is 0.169. The van der Waals surface area contributed by atoms with Gasteiger partial charge in [0.1, 0.15) is 5.75 Å². The number of aromatic nitrogens is 3. The zero-order valence-corrected chi connectivity index (χ0v) is 33.5. The molecular weight excluding hydrogens is 854 g/mol. The molecule has 0 aliphatic heterocycles. The molecular formula is C50H40N3OPt-. The topological polar surface area (TPSA) is 50.9 Å². The molecule has 11 rings (SSSR count). The van der Waals surface area contributed by atoms with Crippen LogP contribution >= 0.6 is 0 Å². The van der Waals surface area contributed by atoms with Gasteiger partial charge in [0.05, 0.1) is 22.6 Å². The number of hydrogen-bond acceptors (Lipinski definition) is 3.